The Labute approximate surface area is 156 Å². The molecular weight excluding hydrogens is 383 g/mol. The summed E-state index contributed by atoms with van der Waals surface area (Å²) in [5.41, 5.74) is -0.619. The van der Waals surface area contributed by atoms with E-state index in [-0.39, 0.29) is 35.6 Å². The maximum absolute atomic E-state index is 13.5. The lowest BCUT2D eigenvalue weighted by molar-refractivity contribution is -0.137. The second kappa shape index (κ2) is 7.75. The number of nitrogens with one attached hydrogen (secondary N) is 1. The van der Waals surface area contributed by atoms with Crippen LogP contribution in [0.25, 0.3) is 11.4 Å². The van der Waals surface area contributed by atoms with E-state index in [2.05, 4.69) is 20.3 Å². The number of halogens is 5. The number of rotatable bonds is 5. The summed E-state index contributed by atoms with van der Waals surface area (Å²) in [7, 11) is 0. The van der Waals surface area contributed by atoms with Crippen LogP contribution in [0.3, 0.4) is 0 Å². The van der Waals surface area contributed by atoms with Crippen molar-refractivity contribution < 1.29 is 26.7 Å². The Kier molecular flexibility index (Phi) is 5.39. The molecule has 0 amide bonds. The molecule has 3 aromatic rings. The first-order valence-corrected chi connectivity index (χ1v) is 8.05. The average molecular weight is 396 g/mol. The number of benzene rings is 2. The molecule has 1 N–H and O–H groups in total. The molecule has 0 bridgehead atoms. The number of nitrogens with zero attached hydrogens (tertiary/aromatic N) is 3. The third-order valence-electron chi connectivity index (χ3n) is 3.51. The van der Waals surface area contributed by atoms with Crippen molar-refractivity contribution in [2.75, 3.05) is 11.9 Å². The van der Waals surface area contributed by atoms with Crippen LogP contribution in [0.15, 0.2) is 42.5 Å². The van der Waals surface area contributed by atoms with Crippen LogP contribution in [0, 0.1) is 11.6 Å². The van der Waals surface area contributed by atoms with Gasteiger partial charge in [0.2, 0.25) is 5.95 Å². The van der Waals surface area contributed by atoms with Gasteiger partial charge in [0.25, 0.3) is 0 Å². The van der Waals surface area contributed by atoms with Crippen molar-refractivity contribution in [3.8, 4) is 17.4 Å². The highest BCUT2D eigenvalue weighted by Crippen LogP contribution is 2.31. The minimum Gasteiger partial charge on any atom is -0.464 e. The zero-order valence-electron chi connectivity index (χ0n) is 14.4. The lowest BCUT2D eigenvalue weighted by Crippen LogP contribution is -2.07. The Morgan fingerprint density at radius 1 is 0.964 bits per heavy atom. The highest BCUT2D eigenvalue weighted by molar-refractivity contribution is 5.60. The summed E-state index contributed by atoms with van der Waals surface area (Å²) in [6, 6.07) is 7.40. The predicted octanol–water partition coefficient (Wildman–Crippen LogP) is 4.98. The lowest BCUT2D eigenvalue weighted by Gasteiger charge is -2.11. The normalized spacial score (nSPS) is 11.4. The summed E-state index contributed by atoms with van der Waals surface area (Å²) in [6.07, 6.45) is -4.51. The number of anilines is 2. The largest absolute Gasteiger partial charge is 0.464 e. The van der Waals surface area contributed by atoms with E-state index < -0.39 is 23.4 Å². The van der Waals surface area contributed by atoms with Crippen molar-refractivity contribution in [2.45, 2.75) is 13.1 Å². The van der Waals surface area contributed by atoms with Gasteiger partial charge in [-0.3, -0.25) is 0 Å². The van der Waals surface area contributed by atoms with Gasteiger partial charge in [-0.1, -0.05) is 6.07 Å². The maximum atomic E-state index is 13.5. The quantitative estimate of drug-likeness (QED) is 0.617. The molecule has 0 spiro atoms. The molecule has 146 valence electrons. The summed E-state index contributed by atoms with van der Waals surface area (Å²) < 4.78 is 70.5. The van der Waals surface area contributed by atoms with Crippen LogP contribution in [0.1, 0.15) is 12.5 Å². The number of hydrogen-bond donors (Lipinski definition) is 1. The van der Waals surface area contributed by atoms with Crippen LogP contribution in [0.2, 0.25) is 0 Å². The molecule has 0 radical (unpaired) electrons. The van der Waals surface area contributed by atoms with Crippen LogP contribution in [-0.4, -0.2) is 21.6 Å². The molecule has 10 heteroatoms. The van der Waals surface area contributed by atoms with Crippen molar-refractivity contribution in [1.29, 1.82) is 0 Å². The molecule has 3 rings (SSSR count). The first-order valence-electron chi connectivity index (χ1n) is 8.05. The van der Waals surface area contributed by atoms with Crippen LogP contribution in [-0.2, 0) is 6.18 Å². The summed E-state index contributed by atoms with van der Waals surface area (Å²) in [6.45, 7) is 1.89. The van der Waals surface area contributed by atoms with E-state index in [1.54, 1.807) is 6.92 Å². The topological polar surface area (TPSA) is 59.9 Å². The minimum atomic E-state index is -4.51. The summed E-state index contributed by atoms with van der Waals surface area (Å²) in [4.78, 5) is 12.0. The molecule has 0 aliphatic heterocycles. The van der Waals surface area contributed by atoms with Crippen LogP contribution in [0.5, 0.6) is 6.01 Å². The Bertz CT molecular complexity index is 994. The van der Waals surface area contributed by atoms with E-state index in [4.69, 9.17) is 4.74 Å². The molecular formula is C18H13F5N4O. The van der Waals surface area contributed by atoms with E-state index in [1.165, 1.54) is 18.2 Å². The second-order valence-electron chi connectivity index (χ2n) is 5.53. The molecule has 1 heterocycles. The van der Waals surface area contributed by atoms with Crippen LogP contribution >= 0.6 is 0 Å². The second-order valence-corrected chi connectivity index (χ2v) is 5.53. The molecule has 0 saturated heterocycles. The molecule has 1 aromatic heterocycles. The Balaban J connectivity index is 1.99. The summed E-state index contributed by atoms with van der Waals surface area (Å²) >= 11 is 0. The Hall–Kier alpha value is -3.30. The smallest absolute Gasteiger partial charge is 0.416 e. The third kappa shape index (κ3) is 4.51. The fourth-order valence-corrected chi connectivity index (χ4v) is 2.27. The standard InChI is InChI=1S/C18H13F5N4O/c1-2-28-17-26-15(10-6-7-13(19)14(20)8-10)25-16(27-17)24-12-5-3-4-11(9-12)18(21,22)23/h3-9H,2H2,1H3,(H,24,25,26,27). The highest BCUT2D eigenvalue weighted by atomic mass is 19.4. The van der Waals surface area contributed by atoms with E-state index >= 15 is 0 Å². The Morgan fingerprint density at radius 2 is 1.75 bits per heavy atom. The first-order chi connectivity index (χ1) is 13.3. The van der Waals surface area contributed by atoms with Crippen molar-refractivity contribution in [2.24, 2.45) is 0 Å². The van der Waals surface area contributed by atoms with Gasteiger partial charge in [0.1, 0.15) is 0 Å². The fraction of sp³-hybridized carbons (Fsp3) is 0.167. The zero-order chi connectivity index (χ0) is 20.3. The van der Waals surface area contributed by atoms with Crippen molar-refractivity contribution in [3.63, 3.8) is 0 Å². The van der Waals surface area contributed by atoms with Crippen LogP contribution < -0.4 is 10.1 Å². The molecule has 5 nitrogen and oxygen atoms in total. The fourth-order valence-electron chi connectivity index (χ4n) is 2.27. The van der Waals surface area contributed by atoms with E-state index in [1.807, 2.05) is 0 Å². The molecule has 0 atom stereocenters. The molecule has 2 aromatic carbocycles. The maximum Gasteiger partial charge on any atom is 0.416 e. The zero-order valence-corrected chi connectivity index (χ0v) is 14.4. The van der Waals surface area contributed by atoms with E-state index in [0.29, 0.717) is 0 Å². The molecule has 0 saturated carbocycles. The van der Waals surface area contributed by atoms with Gasteiger partial charge in [-0.15, -0.1) is 0 Å². The van der Waals surface area contributed by atoms with E-state index in [9.17, 15) is 22.0 Å². The van der Waals surface area contributed by atoms with Crippen molar-refractivity contribution in [1.82, 2.24) is 15.0 Å². The van der Waals surface area contributed by atoms with Crippen molar-refractivity contribution in [3.05, 3.63) is 59.7 Å². The predicted molar refractivity (Wildman–Crippen MR) is 91.1 cm³/mol. The molecule has 0 fully saturated rings. The Morgan fingerprint density at radius 3 is 2.43 bits per heavy atom. The van der Waals surface area contributed by atoms with Gasteiger partial charge in [0, 0.05) is 11.3 Å². The van der Waals surface area contributed by atoms with Crippen molar-refractivity contribution >= 4 is 11.6 Å². The van der Waals surface area contributed by atoms with Gasteiger partial charge in [0.15, 0.2) is 17.5 Å². The van der Waals surface area contributed by atoms with Gasteiger partial charge in [-0.2, -0.15) is 28.1 Å². The highest BCUT2D eigenvalue weighted by Gasteiger charge is 2.30. The SMILES string of the molecule is CCOc1nc(Nc2cccc(C(F)(F)F)c2)nc(-c2ccc(F)c(F)c2)n1. The van der Waals surface area contributed by atoms with Gasteiger partial charge >= 0.3 is 12.2 Å². The number of alkyl halides is 3. The van der Waals surface area contributed by atoms with E-state index in [0.717, 1.165) is 24.3 Å². The molecule has 0 unspecified atom stereocenters. The summed E-state index contributed by atoms with van der Waals surface area (Å²) in [5, 5.41) is 2.64. The molecule has 0 aliphatic carbocycles. The minimum absolute atomic E-state index is 0.0353. The van der Waals surface area contributed by atoms with Gasteiger partial charge in [0.05, 0.1) is 12.2 Å². The monoisotopic (exact) mass is 396 g/mol. The van der Waals surface area contributed by atoms with Gasteiger partial charge in [-0.25, -0.2) is 8.78 Å². The summed E-state index contributed by atoms with van der Waals surface area (Å²) in [5.74, 6) is -2.28. The number of hydrogen-bond acceptors (Lipinski definition) is 5. The lowest BCUT2D eigenvalue weighted by atomic mass is 10.2. The third-order valence-corrected chi connectivity index (χ3v) is 3.51. The van der Waals surface area contributed by atoms with Gasteiger partial charge in [-0.05, 0) is 43.3 Å². The first kappa shape index (κ1) is 19.5. The number of aromatic nitrogens is 3. The number of ether oxygens (including phenoxy) is 1. The molecule has 0 aliphatic rings. The average Bonchev–Trinajstić information content (AvgIpc) is 2.63. The molecule has 28 heavy (non-hydrogen) atoms. The van der Waals surface area contributed by atoms with Gasteiger partial charge < -0.3 is 10.1 Å². The van der Waals surface area contributed by atoms with Crippen LogP contribution in [0.4, 0.5) is 33.6 Å².